The first-order valence-electron chi connectivity index (χ1n) is 8.74. The third kappa shape index (κ3) is 2.61. The molecule has 3 heteroatoms. The molecule has 0 radical (unpaired) electrons. The molecule has 0 amide bonds. The lowest BCUT2D eigenvalue weighted by Crippen LogP contribution is -2.47. The third-order valence-corrected chi connectivity index (χ3v) is 6.24. The number of rotatable bonds is 5. The van der Waals surface area contributed by atoms with E-state index in [1.807, 2.05) is 12.4 Å². The topological polar surface area (TPSA) is 37.8 Å². The number of nitrogens with one attached hydrogen (secondary N) is 1. The van der Waals surface area contributed by atoms with Crippen molar-refractivity contribution in [3.8, 4) is 0 Å². The summed E-state index contributed by atoms with van der Waals surface area (Å²) in [5.41, 5.74) is 1.88. The predicted octanol–water partition coefficient (Wildman–Crippen LogP) is 3.73. The van der Waals surface area contributed by atoms with Gasteiger partial charge in [0.25, 0.3) is 0 Å². The van der Waals surface area contributed by atoms with Gasteiger partial charge in [-0.1, -0.05) is 6.92 Å². The Bertz CT molecular complexity index is 449. The molecule has 4 aliphatic carbocycles. The number of aromatic nitrogens is 2. The van der Waals surface area contributed by atoms with E-state index in [-0.39, 0.29) is 0 Å². The van der Waals surface area contributed by atoms with Gasteiger partial charge in [-0.15, -0.1) is 0 Å². The lowest BCUT2D eigenvalue weighted by Gasteiger charge is -2.57. The van der Waals surface area contributed by atoms with E-state index < -0.39 is 0 Å². The monoisotopic (exact) mass is 285 g/mol. The van der Waals surface area contributed by atoms with Crippen molar-refractivity contribution in [2.45, 2.75) is 57.9 Å². The molecule has 4 saturated carbocycles. The first kappa shape index (κ1) is 13.7. The maximum Gasteiger partial charge on any atom is 0.115 e. The molecule has 0 aromatic carbocycles. The van der Waals surface area contributed by atoms with Crippen LogP contribution in [0.5, 0.6) is 0 Å². The Labute approximate surface area is 128 Å². The van der Waals surface area contributed by atoms with Crippen molar-refractivity contribution in [2.75, 3.05) is 6.54 Å². The highest BCUT2D eigenvalue weighted by atomic mass is 14.9. The minimum Gasteiger partial charge on any atom is -0.310 e. The van der Waals surface area contributed by atoms with Crippen LogP contribution in [0.4, 0.5) is 0 Å². The average molecular weight is 285 g/mol. The Kier molecular flexibility index (Phi) is 3.49. The zero-order valence-corrected chi connectivity index (χ0v) is 13.1. The molecule has 4 aliphatic rings. The first-order chi connectivity index (χ1) is 10.3. The Morgan fingerprint density at radius 1 is 1.10 bits per heavy atom. The van der Waals surface area contributed by atoms with E-state index in [1.54, 1.807) is 6.33 Å². The van der Waals surface area contributed by atoms with Crippen molar-refractivity contribution in [1.29, 1.82) is 0 Å². The minimum absolute atomic E-state index is 0.437. The zero-order valence-electron chi connectivity index (χ0n) is 13.1. The summed E-state index contributed by atoms with van der Waals surface area (Å²) in [5, 5.41) is 3.69. The molecule has 0 saturated heterocycles. The summed E-state index contributed by atoms with van der Waals surface area (Å²) >= 11 is 0. The van der Waals surface area contributed by atoms with E-state index >= 15 is 0 Å². The van der Waals surface area contributed by atoms with Gasteiger partial charge in [0.15, 0.2) is 0 Å². The van der Waals surface area contributed by atoms with Crippen LogP contribution in [0.15, 0.2) is 18.7 Å². The van der Waals surface area contributed by atoms with Crippen LogP contribution in [0.3, 0.4) is 0 Å². The van der Waals surface area contributed by atoms with Crippen molar-refractivity contribution >= 4 is 0 Å². The highest BCUT2D eigenvalue weighted by molar-refractivity contribution is 5.12. The molecular weight excluding hydrogens is 258 g/mol. The second-order valence-corrected chi connectivity index (χ2v) is 7.90. The molecule has 1 heterocycles. The fraction of sp³-hybridized carbons (Fsp3) is 0.778. The molecule has 1 atom stereocenters. The second-order valence-electron chi connectivity index (χ2n) is 7.90. The summed E-state index contributed by atoms with van der Waals surface area (Å²) in [7, 11) is 0. The molecule has 0 aliphatic heterocycles. The fourth-order valence-electron chi connectivity index (χ4n) is 6.02. The van der Waals surface area contributed by atoms with Gasteiger partial charge in [0.05, 0.1) is 0 Å². The molecule has 1 aromatic heterocycles. The van der Waals surface area contributed by atoms with Crippen molar-refractivity contribution in [3.05, 3.63) is 24.3 Å². The summed E-state index contributed by atoms with van der Waals surface area (Å²) in [6.45, 7) is 3.22. The van der Waals surface area contributed by atoms with Gasteiger partial charge in [0.1, 0.15) is 6.33 Å². The third-order valence-electron chi connectivity index (χ3n) is 6.24. The summed E-state index contributed by atoms with van der Waals surface area (Å²) in [6, 6.07) is 0.437. The van der Waals surface area contributed by atoms with Gasteiger partial charge in [-0.2, -0.15) is 0 Å². The molecule has 5 rings (SSSR count). The highest BCUT2D eigenvalue weighted by Crippen LogP contribution is 2.62. The van der Waals surface area contributed by atoms with Crippen molar-refractivity contribution in [1.82, 2.24) is 15.3 Å². The normalized spacial score (nSPS) is 38.6. The lowest BCUT2D eigenvalue weighted by atomic mass is 9.48. The van der Waals surface area contributed by atoms with E-state index in [1.165, 1.54) is 50.5 Å². The number of hydrogen-bond acceptors (Lipinski definition) is 3. The maximum atomic E-state index is 4.23. The Morgan fingerprint density at radius 2 is 1.67 bits per heavy atom. The Morgan fingerprint density at radius 3 is 2.19 bits per heavy atom. The van der Waals surface area contributed by atoms with Crippen LogP contribution in [0, 0.1) is 23.2 Å². The molecule has 3 nitrogen and oxygen atoms in total. The quantitative estimate of drug-likeness (QED) is 0.895. The van der Waals surface area contributed by atoms with Crippen LogP contribution in [-0.2, 0) is 0 Å². The number of hydrogen-bond donors (Lipinski definition) is 1. The highest BCUT2D eigenvalue weighted by Gasteiger charge is 2.51. The lowest BCUT2D eigenvalue weighted by molar-refractivity contribution is -0.0622. The molecule has 4 fully saturated rings. The Hall–Kier alpha value is -0.960. The molecule has 1 N–H and O–H groups in total. The van der Waals surface area contributed by atoms with Crippen molar-refractivity contribution in [3.63, 3.8) is 0 Å². The number of nitrogens with zero attached hydrogens (tertiary/aromatic N) is 2. The van der Waals surface area contributed by atoms with Crippen molar-refractivity contribution in [2.24, 2.45) is 23.2 Å². The summed E-state index contributed by atoms with van der Waals surface area (Å²) < 4.78 is 0. The summed E-state index contributed by atoms with van der Waals surface area (Å²) in [6.07, 6.45) is 16.0. The van der Waals surface area contributed by atoms with Crippen LogP contribution in [0.25, 0.3) is 0 Å². The molecule has 21 heavy (non-hydrogen) atoms. The van der Waals surface area contributed by atoms with E-state index in [9.17, 15) is 0 Å². The van der Waals surface area contributed by atoms with E-state index in [4.69, 9.17) is 0 Å². The zero-order chi connectivity index (χ0) is 14.3. The molecule has 4 bridgehead atoms. The predicted molar refractivity (Wildman–Crippen MR) is 83.7 cm³/mol. The smallest absolute Gasteiger partial charge is 0.115 e. The Balaban J connectivity index is 1.55. The second kappa shape index (κ2) is 5.35. The van der Waals surface area contributed by atoms with Crippen LogP contribution >= 0.6 is 0 Å². The fourth-order valence-corrected chi connectivity index (χ4v) is 6.02. The summed E-state index contributed by atoms with van der Waals surface area (Å²) in [5.74, 6) is 3.10. The molecule has 1 unspecified atom stereocenters. The van der Waals surface area contributed by atoms with Crippen LogP contribution in [0.2, 0.25) is 0 Å². The standard InChI is InChI=1S/C18H27N3/c1-2-21-17(16-10-19-12-20-11-16)9-18-6-13-3-14(7-18)5-15(4-13)8-18/h10-15,17,21H,2-9H2,1H3. The molecule has 114 valence electrons. The van der Waals surface area contributed by atoms with E-state index in [2.05, 4.69) is 22.2 Å². The van der Waals surface area contributed by atoms with E-state index in [0.717, 1.165) is 24.3 Å². The average Bonchev–Trinajstić information content (AvgIpc) is 2.46. The molecular formula is C18H27N3. The molecule has 1 aromatic rings. The van der Waals surface area contributed by atoms with Gasteiger partial charge in [0.2, 0.25) is 0 Å². The van der Waals surface area contributed by atoms with Gasteiger partial charge in [-0.05, 0) is 74.7 Å². The van der Waals surface area contributed by atoms with E-state index in [0.29, 0.717) is 11.5 Å². The first-order valence-corrected chi connectivity index (χ1v) is 8.74. The van der Waals surface area contributed by atoms with Crippen LogP contribution in [-0.4, -0.2) is 16.5 Å². The largest absolute Gasteiger partial charge is 0.310 e. The van der Waals surface area contributed by atoms with Gasteiger partial charge in [0, 0.05) is 24.0 Å². The van der Waals surface area contributed by atoms with Gasteiger partial charge >= 0.3 is 0 Å². The maximum absolute atomic E-state index is 4.23. The SMILES string of the molecule is CCNC(CC12CC3CC(CC(C3)C1)C2)c1cncnc1. The van der Waals surface area contributed by atoms with Gasteiger partial charge < -0.3 is 5.32 Å². The van der Waals surface area contributed by atoms with Crippen LogP contribution < -0.4 is 5.32 Å². The van der Waals surface area contributed by atoms with Gasteiger partial charge in [-0.3, -0.25) is 0 Å². The molecule has 0 spiro atoms. The van der Waals surface area contributed by atoms with Crippen molar-refractivity contribution < 1.29 is 0 Å². The van der Waals surface area contributed by atoms with Crippen LogP contribution in [0.1, 0.15) is 63.5 Å². The summed E-state index contributed by atoms with van der Waals surface area (Å²) in [4.78, 5) is 8.46. The van der Waals surface area contributed by atoms with Gasteiger partial charge in [-0.25, -0.2) is 9.97 Å². The minimum atomic E-state index is 0.437.